The molecule has 0 aliphatic carbocycles. The maximum atomic E-state index is 5.95. The van der Waals surface area contributed by atoms with Gasteiger partial charge in [-0.1, -0.05) is 5.21 Å². The fourth-order valence-corrected chi connectivity index (χ4v) is 1.20. The number of nitrogens with zero attached hydrogens (tertiary/aromatic N) is 3. The predicted molar refractivity (Wildman–Crippen MR) is 45.7 cm³/mol. The molecule has 0 amide bonds. The highest BCUT2D eigenvalue weighted by Crippen LogP contribution is 2.17. The van der Waals surface area contributed by atoms with Crippen molar-refractivity contribution in [1.82, 2.24) is 15.0 Å². The second-order valence-electron chi connectivity index (χ2n) is 2.82. The molecule has 5 nitrogen and oxygen atoms in total. The summed E-state index contributed by atoms with van der Waals surface area (Å²) in [4.78, 5) is 0. The molecule has 1 atom stereocenters. The van der Waals surface area contributed by atoms with E-state index in [1.54, 1.807) is 23.4 Å². The van der Waals surface area contributed by atoms with Gasteiger partial charge in [-0.3, -0.25) is 4.68 Å². The zero-order valence-corrected chi connectivity index (χ0v) is 7.21. The first-order valence-electron chi connectivity index (χ1n) is 3.91. The van der Waals surface area contributed by atoms with Crippen LogP contribution < -0.4 is 5.73 Å². The van der Waals surface area contributed by atoms with E-state index in [1.165, 1.54) is 0 Å². The van der Waals surface area contributed by atoms with Crippen LogP contribution in [0.4, 0.5) is 0 Å². The molecule has 0 fully saturated rings. The molecule has 0 saturated heterocycles. The second kappa shape index (κ2) is 3.02. The third-order valence-electron chi connectivity index (χ3n) is 1.97. The number of hydrogen-bond donors (Lipinski definition) is 1. The van der Waals surface area contributed by atoms with Crippen molar-refractivity contribution in [2.24, 2.45) is 12.8 Å². The molecule has 0 radical (unpaired) electrons. The van der Waals surface area contributed by atoms with Crippen LogP contribution in [-0.2, 0) is 7.05 Å². The molecule has 68 valence electrons. The largest absolute Gasteiger partial charge is 0.472 e. The summed E-state index contributed by atoms with van der Waals surface area (Å²) in [5, 5.41) is 7.56. The van der Waals surface area contributed by atoms with Crippen LogP contribution in [0.25, 0.3) is 0 Å². The lowest BCUT2D eigenvalue weighted by Crippen LogP contribution is -2.15. The Bertz CT molecular complexity index is 379. The number of aromatic nitrogens is 3. The Morgan fingerprint density at radius 2 is 2.46 bits per heavy atom. The summed E-state index contributed by atoms with van der Waals surface area (Å²) >= 11 is 0. The number of nitrogens with two attached hydrogens (primary N) is 1. The van der Waals surface area contributed by atoms with Crippen molar-refractivity contribution in [2.45, 2.75) is 6.04 Å². The summed E-state index contributed by atoms with van der Waals surface area (Å²) in [5.74, 6) is 0. The van der Waals surface area contributed by atoms with Crippen molar-refractivity contribution in [3.8, 4) is 0 Å². The molecular weight excluding hydrogens is 168 g/mol. The molecular formula is C8H10N4O. The van der Waals surface area contributed by atoms with Crippen molar-refractivity contribution >= 4 is 0 Å². The maximum Gasteiger partial charge on any atom is 0.0954 e. The van der Waals surface area contributed by atoms with Crippen molar-refractivity contribution in [2.75, 3.05) is 0 Å². The minimum atomic E-state index is -0.223. The third kappa shape index (κ3) is 1.33. The second-order valence-corrected chi connectivity index (χ2v) is 2.82. The zero-order chi connectivity index (χ0) is 9.26. The van der Waals surface area contributed by atoms with Gasteiger partial charge in [0.1, 0.15) is 0 Å². The first-order chi connectivity index (χ1) is 6.29. The SMILES string of the molecule is Cn1nncc1C(N)c1ccoc1. The average Bonchev–Trinajstić information content (AvgIpc) is 2.72. The molecule has 0 spiro atoms. The highest BCUT2D eigenvalue weighted by molar-refractivity contribution is 5.21. The van der Waals surface area contributed by atoms with Gasteiger partial charge in [0.2, 0.25) is 0 Å². The molecule has 2 heterocycles. The topological polar surface area (TPSA) is 69.9 Å². The highest BCUT2D eigenvalue weighted by Gasteiger charge is 2.13. The van der Waals surface area contributed by atoms with E-state index >= 15 is 0 Å². The maximum absolute atomic E-state index is 5.95. The molecule has 13 heavy (non-hydrogen) atoms. The lowest BCUT2D eigenvalue weighted by Gasteiger charge is -2.07. The van der Waals surface area contributed by atoms with E-state index in [2.05, 4.69) is 10.3 Å². The third-order valence-corrected chi connectivity index (χ3v) is 1.97. The van der Waals surface area contributed by atoms with Crippen molar-refractivity contribution in [3.63, 3.8) is 0 Å². The van der Waals surface area contributed by atoms with Crippen LogP contribution in [0, 0.1) is 0 Å². The average molecular weight is 178 g/mol. The zero-order valence-electron chi connectivity index (χ0n) is 7.21. The minimum Gasteiger partial charge on any atom is -0.472 e. The van der Waals surface area contributed by atoms with Crippen molar-refractivity contribution in [1.29, 1.82) is 0 Å². The Labute approximate surface area is 75.1 Å². The summed E-state index contributed by atoms with van der Waals surface area (Å²) in [6.45, 7) is 0. The monoisotopic (exact) mass is 178 g/mol. The van der Waals surface area contributed by atoms with Crippen LogP contribution >= 0.6 is 0 Å². The van der Waals surface area contributed by atoms with Crippen molar-refractivity contribution < 1.29 is 4.42 Å². The molecule has 0 aliphatic rings. The molecule has 0 aromatic carbocycles. The first-order valence-corrected chi connectivity index (χ1v) is 3.91. The van der Waals surface area contributed by atoms with Gasteiger partial charge in [-0.25, -0.2) is 0 Å². The molecule has 2 aromatic heterocycles. The van der Waals surface area contributed by atoms with Crippen LogP contribution in [0.5, 0.6) is 0 Å². The molecule has 1 unspecified atom stereocenters. The van der Waals surface area contributed by atoms with Gasteiger partial charge in [-0.05, 0) is 6.07 Å². The Hall–Kier alpha value is -1.62. The van der Waals surface area contributed by atoms with Gasteiger partial charge in [0.25, 0.3) is 0 Å². The Morgan fingerprint density at radius 1 is 1.62 bits per heavy atom. The molecule has 2 rings (SSSR count). The molecule has 0 aliphatic heterocycles. The molecule has 0 saturated carbocycles. The van der Waals surface area contributed by atoms with Gasteiger partial charge in [0, 0.05) is 12.6 Å². The van der Waals surface area contributed by atoms with Gasteiger partial charge < -0.3 is 10.2 Å². The van der Waals surface area contributed by atoms with Gasteiger partial charge in [0.15, 0.2) is 0 Å². The van der Waals surface area contributed by atoms with E-state index in [9.17, 15) is 0 Å². The Balaban J connectivity index is 2.33. The Morgan fingerprint density at radius 3 is 3.00 bits per heavy atom. The van der Waals surface area contributed by atoms with Crippen LogP contribution in [0.3, 0.4) is 0 Å². The first kappa shape index (κ1) is 8.00. The van der Waals surface area contributed by atoms with E-state index in [0.717, 1.165) is 11.3 Å². The number of furan rings is 1. The van der Waals surface area contributed by atoms with E-state index in [1.807, 2.05) is 13.1 Å². The van der Waals surface area contributed by atoms with Gasteiger partial charge >= 0.3 is 0 Å². The Kier molecular flexibility index (Phi) is 1.86. The van der Waals surface area contributed by atoms with Crippen LogP contribution in [0.1, 0.15) is 17.3 Å². The lowest BCUT2D eigenvalue weighted by atomic mass is 10.1. The summed E-state index contributed by atoms with van der Waals surface area (Å²) in [5.41, 5.74) is 7.73. The summed E-state index contributed by atoms with van der Waals surface area (Å²) in [7, 11) is 1.81. The van der Waals surface area contributed by atoms with Gasteiger partial charge in [-0.15, -0.1) is 5.10 Å². The minimum absolute atomic E-state index is 0.223. The van der Waals surface area contributed by atoms with Crippen LogP contribution in [0.15, 0.2) is 29.2 Å². The predicted octanol–water partition coefficient (Wildman–Crippen LogP) is 0.456. The fourth-order valence-electron chi connectivity index (χ4n) is 1.20. The normalized spacial score (nSPS) is 13.1. The molecule has 0 bridgehead atoms. The molecule has 2 N–H and O–H groups in total. The number of aryl methyl sites for hydroxylation is 1. The number of rotatable bonds is 2. The van der Waals surface area contributed by atoms with E-state index in [4.69, 9.17) is 10.2 Å². The van der Waals surface area contributed by atoms with E-state index < -0.39 is 0 Å². The van der Waals surface area contributed by atoms with Gasteiger partial charge in [-0.2, -0.15) is 0 Å². The quantitative estimate of drug-likeness (QED) is 0.725. The van der Waals surface area contributed by atoms with Crippen LogP contribution in [0.2, 0.25) is 0 Å². The summed E-state index contributed by atoms with van der Waals surface area (Å²) < 4.78 is 6.59. The highest BCUT2D eigenvalue weighted by atomic mass is 16.3. The standard InChI is InChI=1S/C8H10N4O/c1-12-7(4-10-11-12)8(9)6-2-3-13-5-6/h2-5,8H,9H2,1H3. The smallest absolute Gasteiger partial charge is 0.0954 e. The summed E-state index contributed by atoms with van der Waals surface area (Å²) in [6, 6.07) is 1.61. The summed E-state index contributed by atoms with van der Waals surface area (Å²) in [6.07, 6.45) is 4.87. The van der Waals surface area contributed by atoms with E-state index in [-0.39, 0.29) is 6.04 Å². The van der Waals surface area contributed by atoms with Gasteiger partial charge in [0.05, 0.1) is 30.5 Å². The fraction of sp³-hybridized carbons (Fsp3) is 0.250. The van der Waals surface area contributed by atoms with Crippen LogP contribution in [-0.4, -0.2) is 15.0 Å². The van der Waals surface area contributed by atoms with Crippen molar-refractivity contribution in [3.05, 3.63) is 36.0 Å². The molecule has 5 heteroatoms. The molecule has 2 aromatic rings. The lowest BCUT2D eigenvalue weighted by molar-refractivity contribution is 0.559. The van der Waals surface area contributed by atoms with E-state index in [0.29, 0.717) is 0 Å². The number of hydrogen-bond acceptors (Lipinski definition) is 4.